The first kappa shape index (κ1) is 37.2. The molecule has 14 atom stereocenters. The molecule has 1 saturated heterocycles. The number of rotatable bonds is 12. The quantitative estimate of drug-likeness (QED) is 0.227. The highest BCUT2D eigenvalue weighted by molar-refractivity contribution is 6.02. The van der Waals surface area contributed by atoms with Gasteiger partial charge in [-0.2, -0.15) is 0 Å². The number of nitrogens with zero attached hydrogens (tertiary/aromatic N) is 1. The summed E-state index contributed by atoms with van der Waals surface area (Å²) in [6.45, 7) is 5.99. The largest absolute Gasteiger partial charge is 0.462 e. The molecule has 1 aromatic rings. The Balaban J connectivity index is 1.30. The van der Waals surface area contributed by atoms with E-state index in [1.165, 1.54) is 6.92 Å². The molecule has 6 aliphatic rings. The van der Waals surface area contributed by atoms with Gasteiger partial charge >= 0.3 is 11.9 Å². The van der Waals surface area contributed by atoms with Crippen molar-refractivity contribution in [3.05, 3.63) is 29.8 Å². The molecule has 286 valence electrons. The minimum absolute atomic E-state index is 0.0124. The molecule has 52 heavy (non-hydrogen) atoms. The number of nitrogens with one attached hydrogen (secondary N) is 1. The third-order valence-corrected chi connectivity index (χ3v) is 14.2. The molecule has 7 bridgehead atoms. The molecule has 0 unspecified atom stereocenters. The zero-order valence-corrected chi connectivity index (χ0v) is 30.8. The summed E-state index contributed by atoms with van der Waals surface area (Å²) in [5.41, 5.74) is 0.666. The average Bonchev–Trinajstić information content (AvgIpc) is 3.49. The Morgan fingerprint density at radius 2 is 1.83 bits per heavy atom. The van der Waals surface area contributed by atoms with E-state index in [0.29, 0.717) is 32.4 Å². The van der Waals surface area contributed by atoms with Crippen molar-refractivity contribution >= 4 is 29.4 Å². The molecule has 5 N–H and O–H groups in total. The molecule has 0 radical (unpaired) electrons. The van der Waals surface area contributed by atoms with Gasteiger partial charge in [0.25, 0.3) is 0 Å². The van der Waals surface area contributed by atoms with Gasteiger partial charge < -0.3 is 44.9 Å². The van der Waals surface area contributed by atoms with Crippen LogP contribution in [0.15, 0.2) is 24.3 Å². The van der Waals surface area contributed by atoms with Crippen LogP contribution < -0.4 is 11.1 Å². The number of ether oxygens (including phenoxy) is 5. The van der Waals surface area contributed by atoms with Crippen LogP contribution in [0.3, 0.4) is 0 Å². The number of fused-ring (bicyclic) bond motifs is 2. The first-order valence-electron chi connectivity index (χ1n) is 18.5. The predicted molar refractivity (Wildman–Crippen MR) is 185 cm³/mol. The number of likely N-dealkylation sites (N-methyl/N-ethyl adjacent to an activating group) is 1. The molecular formula is C38H53N3O11. The first-order valence-corrected chi connectivity index (χ1v) is 18.5. The second-order valence-corrected chi connectivity index (χ2v) is 16.2. The number of amides is 2. The standard InChI is InChI=1S/C38H53N3O11/c1-7-41-17-35(18-51-33(45)21-10-8-9-11-24(21)40-32(44)19(2)14-27(39)43)13-12-26(49-5)37-23-15-22-25(48-4)16-36(46,28(23)29(22)52-20(3)42)38(47,34(37)41)31(50-6)30(35)37/h8-11,19,22-23,25-26,28-31,34,46-47H,7,12-18H2,1-6H3,(H2,39,43)(H,40,44)/t19-,22-,23-,25+,26+,28-,29+,30-,31+,34+,35+,36-,37+,38-/m1/s1. The minimum atomic E-state index is -1.82. The molecule has 1 aromatic carbocycles. The van der Waals surface area contributed by atoms with Crippen molar-refractivity contribution in [2.75, 3.05) is 46.3 Å². The van der Waals surface area contributed by atoms with Gasteiger partial charge in [0.05, 0.1) is 42.2 Å². The lowest BCUT2D eigenvalue weighted by Gasteiger charge is -2.70. The number of piperidine rings is 1. The Morgan fingerprint density at radius 3 is 2.46 bits per heavy atom. The topological polar surface area (TPSA) is 196 Å². The Labute approximate surface area is 304 Å². The van der Waals surface area contributed by atoms with Crippen LogP contribution in [0.4, 0.5) is 5.69 Å². The van der Waals surface area contributed by atoms with Gasteiger partial charge in [-0.1, -0.05) is 26.0 Å². The zero-order valence-electron chi connectivity index (χ0n) is 30.8. The monoisotopic (exact) mass is 727 g/mol. The summed E-state index contributed by atoms with van der Waals surface area (Å²) in [6.07, 6.45) is -0.528. The molecule has 14 heteroatoms. The van der Waals surface area contributed by atoms with E-state index in [2.05, 4.69) is 10.2 Å². The fourth-order valence-electron chi connectivity index (χ4n) is 12.7. The first-order chi connectivity index (χ1) is 24.7. The van der Waals surface area contributed by atoms with E-state index in [1.807, 2.05) is 6.92 Å². The van der Waals surface area contributed by atoms with Crippen molar-refractivity contribution in [3.8, 4) is 0 Å². The third-order valence-electron chi connectivity index (χ3n) is 14.2. The number of nitrogens with two attached hydrogens (primary N) is 1. The van der Waals surface area contributed by atoms with Crippen LogP contribution in [0.25, 0.3) is 0 Å². The number of aliphatic hydroxyl groups is 2. The summed E-state index contributed by atoms with van der Waals surface area (Å²) in [5, 5.41) is 29.4. The second-order valence-electron chi connectivity index (χ2n) is 16.2. The Morgan fingerprint density at radius 1 is 1.10 bits per heavy atom. The third kappa shape index (κ3) is 4.83. The summed E-state index contributed by atoms with van der Waals surface area (Å²) >= 11 is 0. The van der Waals surface area contributed by atoms with Crippen LogP contribution in [-0.4, -0.2) is 122 Å². The van der Waals surface area contributed by atoms with Gasteiger partial charge in [0.2, 0.25) is 11.8 Å². The van der Waals surface area contributed by atoms with Crippen molar-refractivity contribution in [1.82, 2.24) is 4.90 Å². The maximum Gasteiger partial charge on any atom is 0.340 e. The average molecular weight is 728 g/mol. The number of benzene rings is 1. The summed E-state index contributed by atoms with van der Waals surface area (Å²) < 4.78 is 31.1. The number of hydrogen-bond donors (Lipinski definition) is 4. The van der Waals surface area contributed by atoms with Gasteiger partial charge in [0, 0.05) is 82.1 Å². The number of likely N-dealkylation sites (tertiary alicyclic amines) is 1. The van der Waals surface area contributed by atoms with Crippen LogP contribution in [0, 0.1) is 40.4 Å². The molecular weight excluding hydrogens is 674 g/mol. The molecule has 2 amide bonds. The van der Waals surface area contributed by atoms with Crippen molar-refractivity contribution in [3.63, 3.8) is 0 Å². The molecule has 7 rings (SSSR count). The van der Waals surface area contributed by atoms with Crippen molar-refractivity contribution < 1.29 is 53.1 Å². The van der Waals surface area contributed by atoms with Gasteiger partial charge in [-0.25, -0.2) is 4.79 Å². The van der Waals surface area contributed by atoms with Crippen LogP contribution in [-0.2, 0) is 38.1 Å². The van der Waals surface area contributed by atoms with Gasteiger partial charge in [0.15, 0.2) is 0 Å². The van der Waals surface area contributed by atoms with E-state index in [0.717, 1.165) is 0 Å². The molecule has 1 heterocycles. The van der Waals surface area contributed by atoms with E-state index < -0.39 is 87.9 Å². The maximum atomic E-state index is 14.0. The van der Waals surface area contributed by atoms with Crippen LogP contribution >= 0.6 is 0 Å². The van der Waals surface area contributed by atoms with Crippen molar-refractivity contribution in [2.24, 2.45) is 46.2 Å². The Kier molecular flexibility index (Phi) is 9.31. The number of anilines is 1. The smallest absolute Gasteiger partial charge is 0.340 e. The highest BCUT2D eigenvalue weighted by Gasteiger charge is 2.92. The lowest BCUT2D eigenvalue weighted by Crippen LogP contribution is -2.82. The zero-order chi connectivity index (χ0) is 37.5. The minimum Gasteiger partial charge on any atom is -0.462 e. The lowest BCUT2D eigenvalue weighted by atomic mass is 9.42. The van der Waals surface area contributed by atoms with Gasteiger partial charge in [0.1, 0.15) is 17.3 Å². The van der Waals surface area contributed by atoms with E-state index in [4.69, 9.17) is 29.4 Å². The molecule has 1 spiro atoms. The Bertz CT molecular complexity index is 1630. The number of methoxy groups -OCH3 is 3. The number of carbonyl (C=O) groups is 4. The van der Waals surface area contributed by atoms with E-state index >= 15 is 0 Å². The SMILES string of the molecule is CCN1C[C@]2(COC(=O)c3ccccc3NC(=O)[C@H](C)CC(N)=O)CC[C@H](OC)[C@@]34[C@@H]5C[C@H]6[C@H](OC(C)=O)[C@@H]5[C@](O)(C[C@@H]6OC)[C@@](O)([C@@H](OC)[C@H]23)[C@@H]14. The van der Waals surface area contributed by atoms with Gasteiger partial charge in [-0.05, 0) is 43.9 Å². The second kappa shape index (κ2) is 13.0. The Hall–Kier alpha value is -3.14. The number of carbonyl (C=O) groups excluding carboxylic acids is 4. The highest BCUT2D eigenvalue weighted by atomic mass is 16.6. The van der Waals surface area contributed by atoms with E-state index in [1.54, 1.807) is 52.5 Å². The molecule has 5 saturated carbocycles. The molecule has 0 aromatic heterocycles. The molecule has 14 nitrogen and oxygen atoms in total. The van der Waals surface area contributed by atoms with Gasteiger partial charge in [-0.3, -0.25) is 19.3 Å². The van der Waals surface area contributed by atoms with Crippen molar-refractivity contribution in [1.29, 1.82) is 0 Å². The number of primary amides is 1. The summed E-state index contributed by atoms with van der Waals surface area (Å²) in [7, 11) is 4.84. The van der Waals surface area contributed by atoms with E-state index in [-0.39, 0.29) is 48.6 Å². The van der Waals surface area contributed by atoms with Gasteiger partial charge in [-0.15, -0.1) is 0 Å². The lowest BCUT2D eigenvalue weighted by molar-refractivity contribution is -0.319. The predicted octanol–water partition coefficient (Wildman–Crippen LogP) is 1.50. The fraction of sp³-hybridized carbons (Fsp3) is 0.737. The maximum absolute atomic E-state index is 14.0. The van der Waals surface area contributed by atoms with Crippen LogP contribution in [0.1, 0.15) is 63.2 Å². The number of hydrogen-bond acceptors (Lipinski definition) is 12. The van der Waals surface area contributed by atoms with Crippen LogP contribution in [0.5, 0.6) is 0 Å². The van der Waals surface area contributed by atoms with E-state index in [9.17, 15) is 29.4 Å². The number of esters is 2. The molecule has 6 fully saturated rings. The summed E-state index contributed by atoms with van der Waals surface area (Å²) in [4.78, 5) is 53.1. The molecule has 1 aliphatic heterocycles. The van der Waals surface area contributed by atoms with Crippen LogP contribution in [0.2, 0.25) is 0 Å². The normalized spacial score (nSPS) is 43.0. The van der Waals surface area contributed by atoms with Crippen molar-refractivity contribution in [2.45, 2.75) is 94.5 Å². The fourth-order valence-corrected chi connectivity index (χ4v) is 12.7. The molecule has 5 aliphatic carbocycles. The number of para-hydroxylation sites is 1. The summed E-state index contributed by atoms with van der Waals surface area (Å²) in [5.74, 6) is -4.29. The highest BCUT2D eigenvalue weighted by Crippen LogP contribution is 2.80. The summed E-state index contributed by atoms with van der Waals surface area (Å²) in [6, 6.07) is 5.99.